The van der Waals surface area contributed by atoms with Crippen LogP contribution >= 0.6 is 11.6 Å². The van der Waals surface area contributed by atoms with Crippen molar-refractivity contribution in [1.29, 1.82) is 0 Å². The first-order chi connectivity index (χ1) is 12.5. The molecule has 0 saturated carbocycles. The minimum atomic E-state index is -0.147. The Labute approximate surface area is 158 Å². The number of hydrogen-bond donors (Lipinski definition) is 1. The Morgan fingerprint density at radius 3 is 2.58 bits per heavy atom. The van der Waals surface area contributed by atoms with E-state index in [9.17, 15) is 4.79 Å². The molecular weight excluding hydrogens is 348 g/mol. The van der Waals surface area contributed by atoms with Gasteiger partial charge in [-0.1, -0.05) is 48.0 Å². The highest BCUT2D eigenvalue weighted by Crippen LogP contribution is 2.26. The van der Waals surface area contributed by atoms with Gasteiger partial charge in [-0.25, -0.2) is 0 Å². The molecule has 0 fully saturated rings. The van der Waals surface area contributed by atoms with Crippen molar-refractivity contribution >= 4 is 28.5 Å². The molecule has 3 aromatic rings. The van der Waals surface area contributed by atoms with Crippen molar-refractivity contribution < 1.29 is 9.21 Å². The summed E-state index contributed by atoms with van der Waals surface area (Å²) in [7, 11) is 1.91. The molecule has 0 spiro atoms. The van der Waals surface area contributed by atoms with Crippen LogP contribution in [0.3, 0.4) is 0 Å². The second-order valence-electron chi connectivity index (χ2n) is 6.59. The number of nitrogens with one attached hydrogen (secondary N) is 1. The molecule has 2 atom stereocenters. The number of carbonyl (C=O) groups is 1. The summed E-state index contributed by atoms with van der Waals surface area (Å²) in [6.45, 7) is 4.23. The third kappa shape index (κ3) is 4.09. The first-order valence-corrected chi connectivity index (χ1v) is 9.06. The molecule has 136 valence electrons. The first-order valence-electron chi connectivity index (χ1n) is 8.68. The van der Waals surface area contributed by atoms with Gasteiger partial charge in [-0.2, -0.15) is 0 Å². The lowest BCUT2D eigenvalue weighted by atomic mass is 10.1. The van der Waals surface area contributed by atoms with E-state index in [0.717, 1.165) is 22.3 Å². The highest BCUT2D eigenvalue weighted by molar-refractivity contribution is 6.31. The molecule has 0 radical (unpaired) electrons. The zero-order valence-electron chi connectivity index (χ0n) is 15.2. The molecule has 2 unspecified atom stereocenters. The Hall–Kier alpha value is -2.30. The molecule has 2 aromatic carbocycles. The van der Waals surface area contributed by atoms with Gasteiger partial charge in [0.05, 0.1) is 18.6 Å². The van der Waals surface area contributed by atoms with Gasteiger partial charge in [-0.3, -0.25) is 9.69 Å². The van der Waals surface area contributed by atoms with Crippen LogP contribution in [0.5, 0.6) is 0 Å². The number of rotatable bonds is 6. The van der Waals surface area contributed by atoms with Crippen molar-refractivity contribution in [3.05, 3.63) is 70.9 Å². The van der Waals surface area contributed by atoms with Crippen molar-refractivity contribution in [2.75, 3.05) is 13.6 Å². The fraction of sp³-hybridized carbons (Fsp3) is 0.286. The van der Waals surface area contributed by atoms with E-state index in [1.54, 1.807) is 0 Å². The monoisotopic (exact) mass is 370 g/mol. The van der Waals surface area contributed by atoms with Crippen LogP contribution in [0.25, 0.3) is 11.0 Å². The lowest BCUT2D eigenvalue weighted by Crippen LogP contribution is -2.37. The summed E-state index contributed by atoms with van der Waals surface area (Å²) in [5.41, 5.74) is 1.77. The van der Waals surface area contributed by atoms with Gasteiger partial charge in [0.25, 0.3) is 0 Å². The summed E-state index contributed by atoms with van der Waals surface area (Å²) in [6, 6.07) is 17.3. The zero-order chi connectivity index (χ0) is 18.7. The highest BCUT2D eigenvalue weighted by atomic mass is 35.5. The molecule has 0 saturated heterocycles. The first kappa shape index (κ1) is 18.5. The summed E-state index contributed by atoms with van der Waals surface area (Å²) in [6.07, 6.45) is 0. The standard InChI is InChI=1S/C21H23ClN2O2/c1-14(17-9-5-6-10-18(17)22)23-21(25)13-24(3)15(2)20-12-16-8-4-7-11-19(16)26-20/h4-12,14-15H,13H2,1-3H3,(H,23,25). The molecule has 1 amide bonds. The highest BCUT2D eigenvalue weighted by Gasteiger charge is 2.20. The van der Waals surface area contributed by atoms with Crippen LogP contribution < -0.4 is 5.32 Å². The zero-order valence-corrected chi connectivity index (χ0v) is 16.0. The molecule has 0 aliphatic heterocycles. The molecule has 4 nitrogen and oxygen atoms in total. The van der Waals surface area contributed by atoms with E-state index in [2.05, 4.69) is 5.32 Å². The lowest BCUT2D eigenvalue weighted by molar-refractivity contribution is -0.123. The minimum Gasteiger partial charge on any atom is -0.459 e. The maximum Gasteiger partial charge on any atom is 0.234 e. The fourth-order valence-electron chi connectivity index (χ4n) is 2.98. The van der Waals surface area contributed by atoms with Crippen molar-refractivity contribution in [3.63, 3.8) is 0 Å². The number of hydrogen-bond acceptors (Lipinski definition) is 3. The van der Waals surface area contributed by atoms with E-state index in [-0.39, 0.29) is 24.5 Å². The van der Waals surface area contributed by atoms with Crippen LogP contribution in [0.15, 0.2) is 59.0 Å². The number of benzene rings is 2. The van der Waals surface area contributed by atoms with Gasteiger partial charge in [0, 0.05) is 10.4 Å². The molecule has 3 rings (SSSR count). The Morgan fingerprint density at radius 1 is 1.15 bits per heavy atom. The van der Waals surface area contributed by atoms with Crippen LogP contribution in [0.2, 0.25) is 5.02 Å². The molecule has 1 heterocycles. The number of fused-ring (bicyclic) bond motifs is 1. The number of para-hydroxylation sites is 1. The Kier molecular flexibility index (Phi) is 5.64. The minimum absolute atomic E-state index is 0.0104. The Balaban J connectivity index is 1.62. The average Bonchev–Trinajstić information content (AvgIpc) is 3.05. The van der Waals surface area contributed by atoms with Gasteiger partial charge < -0.3 is 9.73 Å². The molecule has 0 aliphatic rings. The van der Waals surface area contributed by atoms with E-state index in [0.29, 0.717) is 5.02 Å². The topological polar surface area (TPSA) is 45.5 Å². The number of furan rings is 1. The summed E-state index contributed by atoms with van der Waals surface area (Å²) >= 11 is 6.20. The predicted molar refractivity (Wildman–Crippen MR) is 105 cm³/mol. The number of halogens is 1. The van der Waals surface area contributed by atoms with Gasteiger partial charge in [0.15, 0.2) is 0 Å². The van der Waals surface area contributed by atoms with Crippen LogP contribution in [0, 0.1) is 0 Å². The lowest BCUT2D eigenvalue weighted by Gasteiger charge is -2.23. The quantitative estimate of drug-likeness (QED) is 0.667. The maximum absolute atomic E-state index is 12.4. The fourth-order valence-corrected chi connectivity index (χ4v) is 3.28. The average molecular weight is 371 g/mol. The van der Waals surface area contributed by atoms with Crippen molar-refractivity contribution in [2.24, 2.45) is 0 Å². The number of carbonyl (C=O) groups excluding carboxylic acids is 1. The SMILES string of the molecule is CC(NC(=O)CN(C)C(C)c1cc2ccccc2o1)c1ccccc1Cl. The van der Waals surface area contributed by atoms with Gasteiger partial charge in [0.2, 0.25) is 5.91 Å². The molecule has 26 heavy (non-hydrogen) atoms. The van der Waals surface area contributed by atoms with E-state index in [4.69, 9.17) is 16.0 Å². The molecule has 5 heteroatoms. The summed E-state index contributed by atoms with van der Waals surface area (Å²) < 4.78 is 5.91. The number of amides is 1. The molecule has 1 aromatic heterocycles. The number of nitrogens with zero attached hydrogens (tertiary/aromatic N) is 1. The van der Waals surface area contributed by atoms with E-state index < -0.39 is 0 Å². The Bertz CT molecular complexity index is 873. The van der Waals surface area contributed by atoms with Gasteiger partial charge in [-0.15, -0.1) is 0 Å². The molecule has 1 N–H and O–H groups in total. The second-order valence-corrected chi connectivity index (χ2v) is 7.00. The van der Waals surface area contributed by atoms with Crippen molar-refractivity contribution in [3.8, 4) is 0 Å². The van der Waals surface area contributed by atoms with E-state index in [1.807, 2.05) is 80.4 Å². The summed E-state index contributed by atoms with van der Waals surface area (Å²) in [4.78, 5) is 14.4. The van der Waals surface area contributed by atoms with Gasteiger partial charge in [0.1, 0.15) is 11.3 Å². The maximum atomic E-state index is 12.4. The second kappa shape index (κ2) is 7.94. The van der Waals surface area contributed by atoms with Gasteiger partial charge >= 0.3 is 0 Å². The third-order valence-corrected chi connectivity index (χ3v) is 5.00. The number of likely N-dealkylation sites (N-methyl/N-ethyl adjacent to an activating group) is 1. The van der Waals surface area contributed by atoms with E-state index in [1.165, 1.54) is 0 Å². The van der Waals surface area contributed by atoms with Crippen molar-refractivity contribution in [1.82, 2.24) is 10.2 Å². The largest absolute Gasteiger partial charge is 0.459 e. The normalized spacial score (nSPS) is 13.7. The predicted octanol–water partition coefficient (Wildman–Crippen LogP) is 4.96. The molecular formula is C21H23ClN2O2. The van der Waals surface area contributed by atoms with Crippen LogP contribution in [-0.2, 0) is 4.79 Å². The molecule has 0 bridgehead atoms. The van der Waals surface area contributed by atoms with Crippen LogP contribution in [0.1, 0.15) is 37.3 Å². The summed E-state index contributed by atoms with van der Waals surface area (Å²) in [5.74, 6) is 0.795. The van der Waals surface area contributed by atoms with Crippen LogP contribution in [0.4, 0.5) is 0 Å². The summed E-state index contributed by atoms with van der Waals surface area (Å²) in [5, 5.41) is 4.73. The Morgan fingerprint density at radius 2 is 1.85 bits per heavy atom. The van der Waals surface area contributed by atoms with Crippen LogP contribution in [-0.4, -0.2) is 24.4 Å². The molecule has 0 aliphatic carbocycles. The van der Waals surface area contributed by atoms with Gasteiger partial charge in [-0.05, 0) is 44.7 Å². The third-order valence-electron chi connectivity index (χ3n) is 4.66. The van der Waals surface area contributed by atoms with E-state index >= 15 is 0 Å². The van der Waals surface area contributed by atoms with Crippen molar-refractivity contribution in [2.45, 2.75) is 25.9 Å². The smallest absolute Gasteiger partial charge is 0.234 e.